The quantitative estimate of drug-likeness (QED) is 0.660. The molecule has 0 bridgehead atoms. The average Bonchev–Trinajstić information content (AvgIpc) is 2.75. The Hall–Kier alpha value is -1.98. The number of ketones is 1. The fourth-order valence-corrected chi connectivity index (χ4v) is 1.35. The number of aryl methyl sites for hydroxylation is 2. The molecule has 0 N–H and O–H groups in total. The summed E-state index contributed by atoms with van der Waals surface area (Å²) in [4.78, 5) is 15.7. The van der Waals surface area contributed by atoms with Gasteiger partial charge in [-0.1, -0.05) is 5.21 Å². The minimum absolute atomic E-state index is 0.0528. The molecule has 0 amide bonds. The van der Waals surface area contributed by atoms with E-state index in [0.29, 0.717) is 11.5 Å². The van der Waals surface area contributed by atoms with Crippen molar-refractivity contribution in [2.45, 2.75) is 6.42 Å². The minimum atomic E-state index is -0.0528. The third-order valence-corrected chi connectivity index (χ3v) is 2.06. The molecular weight excluding hydrogens is 194 g/mol. The van der Waals surface area contributed by atoms with E-state index in [-0.39, 0.29) is 12.2 Å². The third kappa shape index (κ3) is 1.93. The number of hydrogen-bond donors (Lipinski definition) is 0. The normalized spacial score (nSPS) is 10.5. The van der Waals surface area contributed by atoms with E-state index in [2.05, 4.69) is 15.3 Å². The lowest BCUT2D eigenvalue weighted by molar-refractivity contribution is 0.0979. The smallest absolute Gasteiger partial charge is 0.204 e. The van der Waals surface area contributed by atoms with Gasteiger partial charge in [-0.3, -0.25) is 9.48 Å². The molecular formula is C9H11N5O. The maximum atomic E-state index is 11.7. The molecule has 0 aromatic carbocycles. The van der Waals surface area contributed by atoms with Gasteiger partial charge in [-0.2, -0.15) is 0 Å². The first-order valence-electron chi connectivity index (χ1n) is 4.52. The largest absolute Gasteiger partial charge is 0.332 e. The molecule has 0 saturated heterocycles. The monoisotopic (exact) mass is 205 g/mol. The molecule has 0 fully saturated rings. The third-order valence-electron chi connectivity index (χ3n) is 2.06. The van der Waals surface area contributed by atoms with Crippen molar-refractivity contribution in [3.8, 4) is 0 Å². The summed E-state index contributed by atoms with van der Waals surface area (Å²) in [7, 11) is 3.55. The molecule has 6 nitrogen and oxygen atoms in total. The lowest BCUT2D eigenvalue weighted by Gasteiger charge is -1.97. The van der Waals surface area contributed by atoms with Crippen LogP contribution >= 0.6 is 0 Å². The van der Waals surface area contributed by atoms with Crippen LogP contribution in [0.25, 0.3) is 0 Å². The van der Waals surface area contributed by atoms with Crippen LogP contribution in [0.2, 0.25) is 0 Å². The number of Topliss-reactive ketones (excluding diaryl/α,β-unsaturated/α-hetero) is 1. The summed E-state index contributed by atoms with van der Waals surface area (Å²) in [5, 5.41) is 7.61. The molecule has 15 heavy (non-hydrogen) atoms. The van der Waals surface area contributed by atoms with Crippen molar-refractivity contribution >= 4 is 5.78 Å². The Morgan fingerprint density at radius 3 is 2.80 bits per heavy atom. The zero-order valence-electron chi connectivity index (χ0n) is 8.58. The fraction of sp³-hybridized carbons (Fsp3) is 0.333. The van der Waals surface area contributed by atoms with E-state index in [1.54, 1.807) is 41.9 Å². The van der Waals surface area contributed by atoms with E-state index in [1.165, 1.54) is 0 Å². The number of rotatable bonds is 3. The van der Waals surface area contributed by atoms with Gasteiger partial charge in [0.1, 0.15) is 0 Å². The summed E-state index contributed by atoms with van der Waals surface area (Å²) in [5.74, 6) is 0.392. The Balaban J connectivity index is 2.14. The van der Waals surface area contributed by atoms with Crippen molar-refractivity contribution in [3.05, 3.63) is 30.1 Å². The summed E-state index contributed by atoms with van der Waals surface area (Å²) in [6.45, 7) is 0. The summed E-state index contributed by atoms with van der Waals surface area (Å²) < 4.78 is 3.26. The molecule has 2 heterocycles. The van der Waals surface area contributed by atoms with Crippen LogP contribution in [0.5, 0.6) is 0 Å². The fourth-order valence-electron chi connectivity index (χ4n) is 1.35. The number of nitrogens with zero attached hydrogens (tertiary/aromatic N) is 5. The van der Waals surface area contributed by atoms with E-state index >= 15 is 0 Å². The van der Waals surface area contributed by atoms with Gasteiger partial charge in [-0.25, -0.2) is 4.98 Å². The standard InChI is InChI=1S/C9H11N5O/c1-13-4-3-10-9(13)8(15)5-7-6-14(2)12-11-7/h3-4,6H,5H2,1-2H3. The van der Waals surface area contributed by atoms with Gasteiger partial charge in [0.25, 0.3) is 0 Å². The van der Waals surface area contributed by atoms with Crippen molar-refractivity contribution in [1.29, 1.82) is 0 Å². The molecule has 2 aromatic heterocycles. The molecule has 6 heteroatoms. The highest BCUT2D eigenvalue weighted by molar-refractivity contribution is 5.94. The lowest BCUT2D eigenvalue weighted by Crippen LogP contribution is -2.10. The maximum Gasteiger partial charge on any atom is 0.204 e. The molecule has 0 unspecified atom stereocenters. The van der Waals surface area contributed by atoms with Crippen LogP contribution in [0.4, 0.5) is 0 Å². The Morgan fingerprint density at radius 1 is 1.47 bits per heavy atom. The van der Waals surface area contributed by atoms with Crippen molar-refractivity contribution < 1.29 is 4.79 Å². The lowest BCUT2D eigenvalue weighted by atomic mass is 10.2. The Labute approximate surface area is 86.5 Å². The predicted octanol–water partition coefficient (Wildman–Crippen LogP) is -0.0260. The second-order valence-electron chi connectivity index (χ2n) is 3.35. The first kappa shape index (κ1) is 9.57. The SMILES string of the molecule is Cn1cc(CC(=O)c2nccn2C)nn1. The second kappa shape index (κ2) is 3.64. The Morgan fingerprint density at radius 2 is 2.27 bits per heavy atom. The molecule has 0 spiro atoms. The topological polar surface area (TPSA) is 65.6 Å². The van der Waals surface area contributed by atoms with Crippen molar-refractivity contribution in [3.63, 3.8) is 0 Å². The number of carbonyl (C=O) groups excluding carboxylic acids is 1. The number of imidazole rings is 1. The number of hydrogen-bond acceptors (Lipinski definition) is 4. The molecule has 0 radical (unpaired) electrons. The van der Waals surface area contributed by atoms with Crippen molar-refractivity contribution in [1.82, 2.24) is 24.5 Å². The van der Waals surface area contributed by atoms with Crippen LogP contribution in [0.3, 0.4) is 0 Å². The molecule has 78 valence electrons. The highest BCUT2D eigenvalue weighted by Gasteiger charge is 2.13. The highest BCUT2D eigenvalue weighted by Crippen LogP contribution is 2.02. The first-order chi connectivity index (χ1) is 7.16. The molecule has 2 rings (SSSR count). The molecule has 0 saturated carbocycles. The second-order valence-corrected chi connectivity index (χ2v) is 3.35. The Kier molecular flexibility index (Phi) is 2.32. The van der Waals surface area contributed by atoms with Gasteiger partial charge >= 0.3 is 0 Å². The van der Waals surface area contributed by atoms with E-state index in [1.807, 2.05) is 0 Å². The van der Waals surface area contributed by atoms with Gasteiger partial charge in [-0.05, 0) is 0 Å². The van der Waals surface area contributed by atoms with Gasteiger partial charge in [0.2, 0.25) is 5.78 Å². The molecule has 0 atom stereocenters. The molecule has 2 aromatic rings. The van der Waals surface area contributed by atoms with E-state index in [4.69, 9.17) is 0 Å². The van der Waals surface area contributed by atoms with E-state index in [9.17, 15) is 4.79 Å². The molecule has 0 aliphatic rings. The highest BCUT2D eigenvalue weighted by atomic mass is 16.1. The molecule has 0 aliphatic heterocycles. The average molecular weight is 205 g/mol. The van der Waals surface area contributed by atoms with Crippen molar-refractivity contribution in [2.24, 2.45) is 14.1 Å². The van der Waals surface area contributed by atoms with Gasteiger partial charge < -0.3 is 4.57 Å². The first-order valence-corrected chi connectivity index (χ1v) is 4.52. The van der Waals surface area contributed by atoms with Crippen LogP contribution in [0.15, 0.2) is 18.6 Å². The minimum Gasteiger partial charge on any atom is -0.332 e. The van der Waals surface area contributed by atoms with Crippen LogP contribution in [0, 0.1) is 0 Å². The van der Waals surface area contributed by atoms with Gasteiger partial charge in [-0.15, -0.1) is 5.10 Å². The van der Waals surface area contributed by atoms with Crippen LogP contribution < -0.4 is 0 Å². The summed E-state index contributed by atoms with van der Waals surface area (Å²) in [6, 6.07) is 0. The van der Waals surface area contributed by atoms with Crippen molar-refractivity contribution in [2.75, 3.05) is 0 Å². The molecule has 0 aliphatic carbocycles. The van der Waals surface area contributed by atoms with E-state index in [0.717, 1.165) is 0 Å². The van der Waals surface area contributed by atoms with Crippen LogP contribution in [-0.2, 0) is 20.5 Å². The Bertz CT molecular complexity index is 484. The predicted molar refractivity (Wildman–Crippen MR) is 52.2 cm³/mol. The van der Waals surface area contributed by atoms with E-state index < -0.39 is 0 Å². The zero-order chi connectivity index (χ0) is 10.8. The maximum absolute atomic E-state index is 11.7. The number of carbonyl (C=O) groups is 1. The zero-order valence-corrected chi connectivity index (χ0v) is 8.58. The van der Waals surface area contributed by atoms with Gasteiger partial charge in [0, 0.05) is 32.7 Å². The van der Waals surface area contributed by atoms with Crippen LogP contribution in [0.1, 0.15) is 16.3 Å². The summed E-state index contributed by atoms with van der Waals surface area (Å²) >= 11 is 0. The summed E-state index contributed by atoms with van der Waals surface area (Å²) in [5.41, 5.74) is 0.658. The van der Waals surface area contributed by atoms with Gasteiger partial charge in [0.05, 0.1) is 12.1 Å². The number of aromatic nitrogens is 5. The summed E-state index contributed by atoms with van der Waals surface area (Å²) in [6.07, 6.45) is 5.30. The van der Waals surface area contributed by atoms with Crippen LogP contribution in [-0.4, -0.2) is 30.3 Å². The van der Waals surface area contributed by atoms with Gasteiger partial charge in [0.15, 0.2) is 5.82 Å².